The monoisotopic (exact) mass is 408 g/mol. The molecular formula is C19H16N6OS2. The van der Waals surface area contributed by atoms with Crippen molar-refractivity contribution >= 4 is 44.6 Å². The molecule has 0 unspecified atom stereocenters. The van der Waals surface area contributed by atoms with Crippen molar-refractivity contribution in [2.75, 3.05) is 0 Å². The van der Waals surface area contributed by atoms with Crippen molar-refractivity contribution < 1.29 is 0 Å². The van der Waals surface area contributed by atoms with Crippen LogP contribution in [0, 0.1) is 6.92 Å². The number of nitrogens with zero attached hydrogens (tertiary/aromatic N) is 6. The molecule has 0 aliphatic rings. The lowest BCUT2D eigenvalue weighted by atomic mass is 10.1. The maximum atomic E-state index is 12.3. The van der Waals surface area contributed by atoms with Crippen molar-refractivity contribution in [1.82, 2.24) is 29.2 Å². The number of thioether (sulfide) groups is 1. The summed E-state index contributed by atoms with van der Waals surface area (Å²) in [6.45, 7) is 4.10. The fraction of sp³-hybridized carbons (Fsp3) is 0.211. The smallest absolute Gasteiger partial charge is 0.270 e. The summed E-state index contributed by atoms with van der Waals surface area (Å²) in [5, 5.41) is 15.8. The lowest BCUT2D eigenvalue weighted by Crippen LogP contribution is -2.15. The molecule has 0 aliphatic heterocycles. The van der Waals surface area contributed by atoms with Gasteiger partial charge in [-0.05, 0) is 31.0 Å². The molecule has 28 heavy (non-hydrogen) atoms. The third-order valence-electron chi connectivity index (χ3n) is 4.57. The number of hydrogen-bond donors (Lipinski definition) is 0. The molecule has 0 atom stereocenters. The van der Waals surface area contributed by atoms with Gasteiger partial charge in [0.15, 0.2) is 10.8 Å². The summed E-state index contributed by atoms with van der Waals surface area (Å²) in [6.07, 6.45) is 0.787. The molecule has 9 heteroatoms. The normalized spacial score (nSPS) is 11.8. The second-order valence-corrected chi connectivity index (χ2v) is 8.42. The fourth-order valence-corrected chi connectivity index (χ4v) is 4.92. The molecule has 1 aromatic carbocycles. The summed E-state index contributed by atoms with van der Waals surface area (Å²) in [7, 11) is 0. The van der Waals surface area contributed by atoms with E-state index in [1.165, 1.54) is 38.6 Å². The lowest BCUT2D eigenvalue weighted by molar-refractivity contribution is 0.852. The van der Waals surface area contributed by atoms with Crippen molar-refractivity contribution in [3.63, 3.8) is 0 Å². The predicted molar refractivity (Wildman–Crippen MR) is 111 cm³/mol. The van der Waals surface area contributed by atoms with Gasteiger partial charge in [0.1, 0.15) is 5.01 Å². The first-order chi connectivity index (χ1) is 13.6. The highest BCUT2D eigenvalue weighted by Crippen LogP contribution is 2.27. The molecule has 140 valence electrons. The van der Waals surface area contributed by atoms with Gasteiger partial charge in [0.05, 0.1) is 11.2 Å². The van der Waals surface area contributed by atoms with E-state index in [1.807, 2.05) is 25.1 Å². The van der Waals surface area contributed by atoms with Gasteiger partial charge in [-0.1, -0.05) is 48.2 Å². The van der Waals surface area contributed by atoms with E-state index < -0.39 is 0 Å². The lowest BCUT2D eigenvalue weighted by Gasteiger charge is -2.07. The van der Waals surface area contributed by atoms with Crippen LogP contribution in [0.5, 0.6) is 0 Å². The molecule has 0 N–H and O–H groups in total. The number of benzene rings is 1. The average Bonchev–Trinajstić information content (AvgIpc) is 3.30. The van der Waals surface area contributed by atoms with Crippen LogP contribution in [0.4, 0.5) is 0 Å². The Labute approximate surface area is 168 Å². The quantitative estimate of drug-likeness (QED) is 0.424. The average molecular weight is 409 g/mol. The summed E-state index contributed by atoms with van der Waals surface area (Å²) in [4.78, 5) is 17.6. The first-order valence-corrected chi connectivity index (χ1v) is 10.7. The van der Waals surface area contributed by atoms with Gasteiger partial charge < -0.3 is 0 Å². The molecule has 0 bridgehead atoms. The summed E-state index contributed by atoms with van der Waals surface area (Å²) >= 11 is 2.98. The SMILES string of the molecule is CCc1nn2c(=O)cc(CSc3nnc4cc(C)c5ccccc5n34)nc2s1. The number of hydrogen-bond acceptors (Lipinski definition) is 7. The Hall–Kier alpha value is -2.78. The Balaban J connectivity index is 1.54. The standard InChI is InChI=1S/C19H16N6OS2/c1-3-16-23-25-17(26)9-12(20-18(25)28-16)10-27-19-22-21-15-8-11(2)13-6-4-5-7-14(13)24(15)19/h4-9H,3,10H2,1-2H3. The highest BCUT2D eigenvalue weighted by Gasteiger charge is 2.13. The van der Waals surface area contributed by atoms with Crippen LogP contribution >= 0.6 is 23.1 Å². The van der Waals surface area contributed by atoms with Crippen LogP contribution in [0.1, 0.15) is 23.2 Å². The summed E-state index contributed by atoms with van der Waals surface area (Å²) in [6, 6.07) is 11.8. The molecule has 5 aromatic rings. The molecule has 4 aromatic heterocycles. The fourth-order valence-electron chi connectivity index (χ4n) is 3.22. The number of rotatable bonds is 4. The molecule has 0 fully saturated rings. The third-order valence-corrected chi connectivity index (χ3v) is 6.58. The van der Waals surface area contributed by atoms with Crippen LogP contribution < -0.4 is 5.56 Å². The van der Waals surface area contributed by atoms with Gasteiger partial charge in [-0.25, -0.2) is 4.98 Å². The summed E-state index contributed by atoms with van der Waals surface area (Å²) in [5.74, 6) is 0.536. The first kappa shape index (κ1) is 17.3. The van der Waals surface area contributed by atoms with Gasteiger partial charge in [-0.15, -0.1) is 10.2 Å². The Kier molecular flexibility index (Phi) is 4.13. The van der Waals surface area contributed by atoms with Crippen molar-refractivity contribution in [3.05, 3.63) is 63.0 Å². The molecule has 0 aliphatic carbocycles. The van der Waals surface area contributed by atoms with Crippen molar-refractivity contribution in [1.29, 1.82) is 0 Å². The van der Waals surface area contributed by atoms with Gasteiger partial charge >= 0.3 is 0 Å². The van der Waals surface area contributed by atoms with Gasteiger partial charge in [0.2, 0.25) is 4.96 Å². The number of aromatic nitrogens is 6. The molecule has 0 spiro atoms. The zero-order valence-corrected chi connectivity index (χ0v) is 16.9. The van der Waals surface area contributed by atoms with Gasteiger partial charge in [-0.2, -0.15) is 9.61 Å². The van der Waals surface area contributed by atoms with E-state index in [-0.39, 0.29) is 5.56 Å². The van der Waals surface area contributed by atoms with Crippen LogP contribution in [0.3, 0.4) is 0 Å². The van der Waals surface area contributed by atoms with Gasteiger partial charge in [0, 0.05) is 17.2 Å². The Bertz CT molecular complexity index is 1400. The molecule has 0 radical (unpaired) electrons. The minimum atomic E-state index is -0.149. The van der Waals surface area contributed by atoms with E-state index in [4.69, 9.17) is 0 Å². The second kappa shape index (κ2) is 6.68. The van der Waals surface area contributed by atoms with Crippen LogP contribution in [-0.4, -0.2) is 29.2 Å². The molecule has 0 saturated carbocycles. The highest BCUT2D eigenvalue weighted by molar-refractivity contribution is 7.98. The minimum absolute atomic E-state index is 0.149. The third kappa shape index (κ3) is 2.78. The maximum Gasteiger partial charge on any atom is 0.275 e. The van der Waals surface area contributed by atoms with Crippen molar-refractivity contribution in [3.8, 4) is 0 Å². The Morgan fingerprint density at radius 1 is 1.18 bits per heavy atom. The largest absolute Gasteiger partial charge is 0.275 e. The molecule has 0 amide bonds. The molecule has 7 nitrogen and oxygen atoms in total. The molecule has 0 saturated heterocycles. The number of para-hydroxylation sites is 1. The molecular weight excluding hydrogens is 392 g/mol. The molecule has 4 heterocycles. The minimum Gasteiger partial charge on any atom is -0.270 e. The summed E-state index contributed by atoms with van der Waals surface area (Å²) in [5.41, 5.74) is 3.63. The number of fused-ring (bicyclic) bond motifs is 4. The van der Waals surface area contributed by atoms with E-state index in [0.29, 0.717) is 10.7 Å². The van der Waals surface area contributed by atoms with Crippen LogP contribution in [0.15, 0.2) is 46.3 Å². The van der Waals surface area contributed by atoms with Crippen molar-refractivity contribution in [2.24, 2.45) is 0 Å². The van der Waals surface area contributed by atoms with Gasteiger partial charge in [-0.3, -0.25) is 9.20 Å². The highest BCUT2D eigenvalue weighted by atomic mass is 32.2. The topological polar surface area (TPSA) is 77.5 Å². The summed E-state index contributed by atoms with van der Waals surface area (Å²) < 4.78 is 3.43. The first-order valence-electron chi connectivity index (χ1n) is 8.89. The number of pyridine rings is 1. The predicted octanol–water partition coefficient (Wildman–Crippen LogP) is 3.51. The Morgan fingerprint density at radius 2 is 2.04 bits per heavy atom. The van der Waals surface area contributed by atoms with E-state index in [2.05, 4.69) is 43.7 Å². The van der Waals surface area contributed by atoms with E-state index >= 15 is 0 Å². The molecule has 5 rings (SSSR count). The second-order valence-electron chi connectivity index (χ2n) is 6.44. The van der Waals surface area contributed by atoms with Crippen LogP contribution in [-0.2, 0) is 12.2 Å². The van der Waals surface area contributed by atoms with E-state index in [9.17, 15) is 4.79 Å². The van der Waals surface area contributed by atoms with Crippen molar-refractivity contribution in [2.45, 2.75) is 31.2 Å². The zero-order chi connectivity index (χ0) is 19.3. The van der Waals surface area contributed by atoms with Crippen LogP contribution in [0.25, 0.3) is 21.5 Å². The zero-order valence-electron chi connectivity index (χ0n) is 15.3. The van der Waals surface area contributed by atoms with E-state index in [0.717, 1.165) is 33.4 Å². The van der Waals surface area contributed by atoms with E-state index in [1.54, 1.807) is 6.07 Å². The maximum absolute atomic E-state index is 12.3. The van der Waals surface area contributed by atoms with Gasteiger partial charge in [0.25, 0.3) is 5.56 Å². The Morgan fingerprint density at radius 3 is 2.89 bits per heavy atom. The van der Waals surface area contributed by atoms with Crippen LogP contribution in [0.2, 0.25) is 0 Å². The number of aryl methyl sites for hydroxylation is 2.